The minimum atomic E-state index is -0.663. The number of fused-ring (bicyclic) bond motifs is 1. The molecular formula is C27H34FN5O5. The van der Waals surface area contributed by atoms with Crippen LogP contribution in [0.5, 0.6) is 0 Å². The lowest BCUT2D eigenvalue weighted by Gasteiger charge is -2.35. The summed E-state index contributed by atoms with van der Waals surface area (Å²) in [4.78, 5) is 34.9. The average Bonchev–Trinajstić information content (AvgIpc) is 3.60. The van der Waals surface area contributed by atoms with Gasteiger partial charge < -0.3 is 29.6 Å². The summed E-state index contributed by atoms with van der Waals surface area (Å²) >= 11 is 0. The smallest absolute Gasteiger partial charge is 0.257 e. The number of ether oxygens (including phenoxy) is 1. The van der Waals surface area contributed by atoms with Crippen molar-refractivity contribution in [1.29, 1.82) is 0 Å². The van der Waals surface area contributed by atoms with Crippen LogP contribution in [0.2, 0.25) is 0 Å². The Balaban J connectivity index is 1.49. The lowest BCUT2D eigenvalue weighted by Crippen LogP contribution is -2.44. The van der Waals surface area contributed by atoms with E-state index in [1.807, 2.05) is 6.92 Å². The van der Waals surface area contributed by atoms with Crippen LogP contribution in [0.15, 0.2) is 22.9 Å². The van der Waals surface area contributed by atoms with Crippen molar-refractivity contribution in [3.8, 4) is 0 Å². The summed E-state index contributed by atoms with van der Waals surface area (Å²) in [7, 11) is 0. The third kappa shape index (κ3) is 5.04. The number of imidazole rings is 1. The molecule has 2 aliphatic rings. The number of aliphatic hydroxyl groups is 1. The van der Waals surface area contributed by atoms with Crippen LogP contribution in [0.3, 0.4) is 0 Å². The van der Waals surface area contributed by atoms with Gasteiger partial charge in [0.15, 0.2) is 5.82 Å². The second kappa shape index (κ2) is 11.2. The largest absolute Gasteiger partial charge is 0.387 e. The molecule has 1 saturated heterocycles. The highest BCUT2D eigenvalue weighted by Crippen LogP contribution is 2.38. The van der Waals surface area contributed by atoms with Gasteiger partial charge in [-0.05, 0) is 37.2 Å². The number of morpholine rings is 1. The molecule has 2 fully saturated rings. The third-order valence-electron chi connectivity index (χ3n) is 7.92. The maximum Gasteiger partial charge on any atom is 0.257 e. The van der Waals surface area contributed by atoms with Crippen LogP contribution in [0.4, 0.5) is 4.39 Å². The zero-order valence-corrected chi connectivity index (χ0v) is 21.7. The Labute approximate surface area is 219 Å². The van der Waals surface area contributed by atoms with Crippen molar-refractivity contribution in [2.24, 2.45) is 11.8 Å². The standard InChI is InChI=1S/C27H34FN5O5/c1-3-19-18(13-38-32-19)27(36)31-24(16-6-4-15(2)5-7-16)26-29-20-9-8-17(23(28)25(20)30-26)21-14-37-11-10-33(21)22(35)12-34/h8-9,13,15-16,21,24,34H,3-7,10-12,14H2,1-2H3,(H,29,30)(H,31,36)/t15-,16-,21?,24-/m0/s1. The number of carbonyl (C=O) groups is 2. The van der Waals surface area contributed by atoms with Gasteiger partial charge >= 0.3 is 0 Å². The van der Waals surface area contributed by atoms with Gasteiger partial charge in [-0.15, -0.1) is 0 Å². The summed E-state index contributed by atoms with van der Waals surface area (Å²) in [6.07, 6.45) is 5.82. The third-order valence-corrected chi connectivity index (χ3v) is 7.92. The van der Waals surface area contributed by atoms with Gasteiger partial charge in [0.25, 0.3) is 5.91 Å². The van der Waals surface area contributed by atoms with E-state index in [1.165, 1.54) is 11.2 Å². The molecule has 38 heavy (non-hydrogen) atoms. The number of nitrogens with one attached hydrogen (secondary N) is 2. The summed E-state index contributed by atoms with van der Waals surface area (Å²) in [5.74, 6) is -0.0914. The number of halogens is 1. The molecule has 3 aromatic rings. The number of aromatic amines is 1. The monoisotopic (exact) mass is 527 g/mol. The zero-order chi connectivity index (χ0) is 26.8. The maximum atomic E-state index is 15.9. The van der Waals surface area contributed by atoms with Crippen LogP contribution in [0, 0.1) is 17.7 Å². The van der Waals surface area contributed by atoms with Crippen LogP contribution in [-0.2, 0) is 16.0 Å². The number of hydrogen-bond acceptors (Lipinski definition) is 7. The van der Waals surface area contributed by atoms with Crippen molar-refractivity contribution < 1.29 is 28.3 Å². The number of hydrogen-bond donors (Lipinski definition) is 3. The fraction of sp³-hybridized carbons (Fsp3) is 0.556. The van der Waals surface area contributed by atoms with E-state index in [4.69, 9.17) is 9.26 Å². The SMILES string of the molecule is CCc1nocc1C(=O)N[C@H](c1nc2c(F)c(C3COCCN3C(=O)CO)ccc2[nH]1)[C@H]1CC[C@H](C)CC1. The van der Waals surface area contributed by atoms with Gasteiger partial charge in [-0.3, -0.25) is 9.59 Å². The molecule has 11 heteroatoms. The lowest BCUT2D eigenvalue weighted by molar-refractivity contribution is -0.143. The van der Waals surface area contributed by atoms with E-state index in [1.54, 1.807) is 12.1 Å². The molecule has 1 unspecified atom stereocenters. The first-order valence-corrected chi connectivity index (χ1v) is 13.3. The number of aryl methyl sites for hydroxylation is 1. The molecule has 5 rings (SSSR count). The van der Waals surface area contributed by atoms with E-state index in [0.29, 0.717) is 41.5 Å². The van der Waals surface area contributed by atoms with Gasteiger partial charge in [0.05, 0.1) is 36.5 Å². The first-order valence-electron chi connectivity index (χ1n) is 13.3. The summed E-state index contributed by atoms with van der Waals surface area (Å²) in [5, 5.41) is 16.4. The summed E-state index contributed by atoms with van der Waals surface area (Å²) in [5.41, 5.74) is 1.89. The summed E-state index contributed by atoms with van der Waals surface area (Å²) < 4.78 is 26.5. The number of H-pyrrole nitrogens is 1. The van der Waals surface area contributed by atoms with Gasteiger partial charge in [-0.2, -0.15) is 0 Å². The van der Waals surface area contributed by atoms with Crippen molar-refractivity contribution >= 4 is 22.8 Å². The second-order valence-corrected chi connectivity index (χ2v) is 10.3. The van der Waals surface area contributed by atoms with E-state index in [2.05, 4.69) is 27.4 Å². The normalized spacial score (nSPS) is 22.9. The molecule has 3 heterocycles. The predicted octanol–water partition coefficient (Wildman–Crippen LogP) is 3.44. The molecule has 0 spiro atoms. The lowest BCUT2D eigenvalue weighted by atomic mass is 9.79. The van der Waals surface area contributed by atoms with E-state index in [9.17, 15) is 14.7 Å². The number of amides is 2. The molecule has 1 saturated carbocycles. The molecular weight excluding hydrogens is 493 g/mol. The number of rotatable bonds is 7. The number of nitrogens with zero attached hydrogens (tertiary/aromatic N) is 3. The van der Waals surface area contributed by atoms with Crippen molar-refractivity contribution in [2.45, 2.75) is 58.0 Å². The van der Waals surface area contributed by atoms with Gasteiger partial charge in [0.2, 0.25) is 5.91 Å². The molecule has 0 bridgehead atoms. The van der Waals surface area contributed by atoms with E-state index in [0.717, 1.165) is 25.7 Å². The van der Waals surface area contributed by atoms with Gasteiger partial charge in [-0.1, -0.05) is 37.9 Å². The van der Waals surface area contributed by atoms with Crippen LogP contribution >= 0.6 is 0 Å². The van der Waals surface area contributed by atoms with Crippen LogP contribution in [0.25, 0.3) is 11.0 Å². The molecule has 1 aliphatic heterocycles. The Kier molecular flexibility index (Phi) is 7.75. The molecule has 1 aromatic carbocycles. The minimum absolute atomic E-state index is 0.128. The van der Waals surface area contributed by atoms with E-state index in [-0.39, 0.29) is 36.1 Å². The molecule has 2 amide bonds. The Morgan fingerprint density at radius 2 is 2.08 bits per heavy atom. The van der Waals surface area contributed by atoms with Crippen LogP contribution < -0.4 is 5.32 Å². The Morgan fingerprint density at radius 3 is 2.82 bits per heavy atom. The number of aliphatic hydroxyl groups excluding tert-OH is 1. The topological polar surface area (TPSA) is 134 Å². The van der Waals surface area contributed by atoms with Crippen LogP contribution in [-0.4, -0.2) is 63.3 Å². The summed E-state index contributed by atoms with van der Waals surface area (Å²) in [6.45, 7) is 4.20. The van der Waals surface area contributed by atoms with Gasteiger partial charge in [0, 0.05) is 12.1 Å². The molecule has 10 nitrogen and oxygen atoms in total. The second-order valence-electron chi connectivity index (χ2n) is 10.3. The fourth-order valence-corrected chi connectivity index (χ4v) is 5.68. The van der Waals surface area contributed by atoms with Crippen molar-refractivity contribution in [2.75, 3.05) is 26.4 Å². The summed E-state index contributed by atoms with van der Waals surface area (Å²) in [6, 6.07) is 2.24. The van der Waals surface area contributed by atoms with E-state index < -0.39 is 30.4 Å². The maximum absolute atomic E-state index is 15.9. The highest BCUT2D eigenvalue weighted by Gasteiger charge is 2.34. The Hall–Kier alpha value is -3.31. The zero-order valence-electron chi connectivity index (χ0n) is 21.7. The first-order chi connectivity index (χ1) is 18.4. The number of carbonyl (C=O) groups excluding carboxylic acids is 2. The number of aromatic nitrogens is 3. The molecule has 2 aromatic heterocycles. The number of benzene rings is 1. The Bertz CT molecular complexity index is 1300. The van der Waals surface area contributed by atoms with Gasteiger partial charge in [-0.25, -0.2) is 9.37 Å². The van der Waals surface area contributed by atoms with Crippen LogP contribution in [0.1, 0.15) is 79.1 Å². The Morgan fingerprint density at radius 1 is 1.29 bits per heavy atom. The quantitative estimate of drug-likeness (QED) is 0.429. The first kappa shape index (κ1) is 26.3. The molecule has 204 valence electrons. The van der Waals surface area contributed by atoms with Crippen molar-refractivity contribution in [3.05, 3.63) is 46.9 Å². The molecule has 0 radical (unpaired) electrons. The average molecular weight is 528 g/mol. The van der Waals surface area contributed by atoms with Crippen molar-refractivity contribution in [3.63, 3.8) is 0 Å². The molecule has 1 aliphatic carbocycles. The minimum Gasteiger partial charge on any atom is -0.387 e. The highest BCUT2D eigenvalue weighted by molar-refractivity contribution is 5.95. The van der Waals surface area contributed by atoms with Crippen molar-refractivity contribution in [1.82, 2.24) is 25.3 Å². The van der Waals surface area contributed by atoms with E-state index >= 15 is 4.39 Å². The predicted molar refractivity (Wildman–Crippen MR) is 136 cm³/mol. The molecule has 3 N–H and O–H groups in total. The molecule has 2 atom stereocenters. The fourth-order valence-electron chi connectivity index (χ4n) is 5.68. The highest BCUT2D eigenvalue weighted by atomic mass is 19.1. The van der Waals surface area contributed by atoms with Gasteiger partial charge in [0.1, 0.15) is 29.8 Å².